The van der Waals surface area contributed by atoms with Crippen LogP contribution in [0.4, 0.5) is 0 Å². The number of hydrogen-bond acceptors (Lipinski definition) is 5. The summed E-state index contributed by atoms with van der Waals surface area (Å²) in [6.07, 6.45) is 7.57. The molecule has 0 saturated heterocycles. The fraction of sp³-hybridized carbons (Fsp3) is 0.333. The highest BCUT2D eigenvalue weighted by molar-refractivity contribution is 5.95. The average Bonchev–Trinajstić information content (AvgIpc) is 3.42. The van der Waals surface area contributed by atoms with Crippen molar-refractivity contribution in [2.24, 2.45) is 0 Å². The van der Waals surface area contributed by atoms with Crippen molar-refractivity contribution < 1.29 is 9.21 Å². The van der Waals surface area contributed by atoms with Crippen LogP contribution in [0.15, 0.2) is 53.4 Å². The summed E-state index contributed by atoms with van der Waals surface area (Å²) >= 11 is 0. The smallest absolute Gasteiger partial charge is 0.254 e. The maximum atomic E-state index is 13.2. The Morgan fingerprint density at radius 3 is 2.84 bits per heavy atom. The van der Waals surface area contributed by atoms with Crippen molar-refractivity contribution in [2.75, 3.05) is 0 Å². The molecule has 2 heterocycles. The van der Waals surface area contributed by atoms with Gasteiger partial charge in [-0.25, -0.2) is 4.68 Å². The second kappa shape index (κ2) is 6.88. The topological polar surface area (TPSA) is 77.1 Å². The molecule has 1 fully saturated rings. The van der Waals surface area contributed by atoms with Crippen molar-refractivity contribution in [3.05, 3.63) is 60.3 Å². The first-order chi connectivity index (χ1) is 12.3. The molecule has 128 valence electrons. The zero-order valence-corrected chi connectivity index (χ0v) is 13.8. The average molecular weight is 337 g/mol. The Hall–Kier alpha value is -2.96. The number of carbonyl (C=O) groups is 1. The second-order valence-electron chi connectivity index (χ2n) is 6.26. The van der Waals surface area contributed by atoms with Crippen LogP contribution in [0.1, 0.15) is 41.8 Å². The summed E-state index contributed by atoms with van der Waals surface area (Å²) in [6, 6.07) is 11.4. The van der Waals surface area contributed by atoms with Gasteiger partial charge in [-0.05, 0) is 53.6 Å². The van der Waals surface area contributed by atoms with Crippen LogP contribution in [0.2, 0.25) is 0 Å². The lowest BCUT2D eigenvalue weighted by Crippen LogP contribution is -2.38. The number of benzene rings is 1. The molecule has 0 bridgehead atoms. The number of aromatic nitrogens is 4. The third-order valence-corrected chi connectivity index (χ3v) is 4.64. The number of nitrogens with zero attached hydrogens (tertiary/aromatic N) is 5. The number of carbonyl (C=O) groups excluding carboxylic acids is 1. The lowest BCUT2D eigenvalue weighted by Gasteiger charge is -2.28. The molecule has 1 aliphatic rings. The highest BCUT2D eigenvalue weighted by atomic mass is 16.3. The highest BCUT2D eigenvalue weighted by Crippen LogP contribution is 2.27. The van der Waals surface area contributed by atoms with Gasteiger partial charge in [0.1, 0.15) is 12.1 Å². The van der Waals surface area contributed by atoms with E-state index < -0.39 is 0 Å². The molecular formula is C18H19N5O2. The van der Waals surface area contributed by atoms with Gasteiger partial charge in [0, 0.05) is 11.6 Å². The van der Waals surface area contributed by atoms with Gasteiger partial charge in [0.25, 0.3) is 5.91 Å². The summed E-state index contributed by atoms with van der Waals surface area (Å²) in [6.45, 7) is 0.492. The molecule has 7 nitrogen and oxygen atoms in total. The second-order valence-corrected chi connectivity index (χ2v) is 6.26. The van der Waals surface area contributed by atoms with E-state index in [9.17, 15) is 4.79 Å². The summed E-state index contributed by atoms with van der Waals surface area (Å²) < 4.78 is 7.01. The highest BCUT2D eigenvalue weighted by Gasteiger charge is 2.28. The molecule has 1 aliphatic carbocycles. The number of amides is 1. The van der Waals surface area contributed by atoms with E-state index in [0.29, 0.717) is 12.1 Å². The van der Waals surface area contributed by atoms with Crippen LogP contribution in [0, 0.1) is 0 Å². The molecule has 2 aromatic heterocycles. The van der Waals surface area contributed by atoms with E-state index in [1.54, 1.807) is 10.9 Å². The van der Waals surface area contributed by atoms with Crippen molar-refractivity contribution >= 4 is 5.91 Å². The van der Waals surface area contributed by atoms with Crippen LogP contribution in [0.25, 0.3) is 5.69 Å². The lowest BCUT2D eigenvalue weighted by molar-refractivity contribution is 0.0649. The maximum Gasteiger partial charge on any atom is 0.254 e. The maximum absolute atomic E-state index is 13.2. The lowest BCUT2D eigenvalue weighted by atomic mass is 10.1. The Bertz CT molecular complexity index is 823. The van der Waals surface area contributed by atoms with Gasteiger partial charge in [0.15, 0.2) is 0 Å². The van der Waals surface area contributed by atoms with Crippen molar-refractivity contribution in [3.8, 4) is 5.69 Å². The van der Waals surface area contributed by atoms with E-state index in [1.165, 1.54) is 6.33 Å². The zero-order valence-electron chi connectivity index (χ0n) is 13.8. The van der Waals surface area contributed by atoms with E-state index in [1.807, 2.05) is 41.3 Å². The van der Waals surface area contributed by atoms with Crippen LogP contribution >= 0.6 is 0 Å². The molecule has 3 aromatic rings. The van der Waals surface area contributed by atoms with Crippen molar-refractivity contribution in [2.45, 2.75) is 38.3 Å². The normalized spacial score (nSPS) is 14.7. The van der Waals surface area contributed by atoms with Gasteiger partial charge in [0.05, 0.1) is 18.5 Å². The minimum Gasteiger partial charge on any atom is -0.467 e. The fourth-order valence-corrected chi connectivity index (χ4v) is 3.38. The van der Waals surface area contributed by atoms with Crippen molar-refractivity contribution in [1.29, 1.82) is 0 Å². The van der Waals surface area contributed by atoms with E-state index in [2.05, 4.69) is 15.5 Å². The van der Waals surface area contributed by atoms with Crippen LogP contribution in [0.5, 0.6) is 0 Å². The zero-order chi connectivity index (χ0) is 17.1. The molecule has 1 amide bonds. The third-order valence-electron chi connectivity index (χ3n) is 4.64. The van der Waals surface area contributed by atoms with E-state index in [0.717, 1.165) is 37.1 Å². The molecule has 7 heteroatoms. The predicted octanol–water partition coefficient (Wildman–Crippen LogP) is 2.84. The summed E-state index contributed by atoms with van der Waals surface area (Å²) in [5, 5.41) is 11.2. The Morgan fingerprint density at radius 1 is 1.24 bits per heavy atom. The monoisotopic (exact) mass is 337 g/mol. The van der Waals surface area contributed by atoms with Gasteiger partial charge in [-0.3, -0.25) is 4.79 Å². The van der Waals surface area contributed by atoms with Crippen LogP contribution in [-0.4, -0.2) is 37.1 Å². The van der Waals surface area contributed by atoms with Gasteiger partial charge in [-0.2, -0.15) is 0 Å². The minimum absolute atomic E-state index is 0.0122. The molecule has 0 radical (unpaired) electrons. The molecule has 0 aliphatic heterocycles. The van der Waals surface area contributed by atoms with Gasteiger partial charge in [-0.15, -0.1) is 5.10 Å². The Kier molecular flexibility index (Phi) is 4.28. The Labute approximate surface area is 145 Å². The van der Waals surface area contributed by atoms with Crippen LogP contribution in [0.3, 0.4) is 0 Å². The van der Waals surface area contributed by atoms with Gasteiger partial charge < -0.3 is 9.32 Å². The molecular weight excluding hydrogens is 318 g/mol. The summed E-state index contributed by atoms with van der Waals surface area (Å²) in [7, 11) is 0. The first-order valence-corrected chi connectivity index (χ1v) is 8.48. The Balaban J connectivity index is 1.62. The molecule has 0 atom stereocenters. The third kappa shape index (κ3) is 3.31. The number of hydrogen-bond donors (Lipinski definition) is 0. The molecule has 1 aromatic carbocycles. The van der Waals surface area contributed by atoms with Crippen LogP contribution < -0.4 is 0 Å². The molecule has 25 heavy (non-hydrogen) atoms. The standard InChI is InChI=1S/C18H19N5O2/c24-18(14-5-3-8-16(11-14)23-13-19-20-21-23)22(15-6-1-2-7-15)12-17-9-4-10-25-17/h3-5,8-11,13,15H,1-2,6-7,12H2. The van der Waals surface area contributed by atoms with Gasteiger partial charge in [-0.1, -0.05) is 18.9 Å². The summed E-state index contributed by atoms with van der Waals surface area (Å²) in [5.74, 6) is 0.815. The summed E-state index contributed by atoms with van der Waals surface area (Å²) in [4.78, 5) is 15.1. The number of rotatable bonds is 5. The van der Waals surface area contributed by atoms with E-state index >= 15 is 0 Å². The molecule has 0 N–H and O–H groups in total. The van der Waals surface area contributed by atoms with Gasteiger partial charge in [0.2, 0.25) is 0 Å². The molecule has 0 spiro atoms. The van der Waals surface area contributed by atoms with Crippen LogP contribution in [-0.2, 0) is 6.54 Å². The minimum atomic E-state index is 0.0122. The summed E-state index contributed by atoms with van der Waals surface area (Å²) in [5.41, 5.74) is 1.40. The Morgan fingerprint density at radius 2 is 2.12 bits per heavy atom. The first kappa shape index (κ1) is 15.6. The van der Waals surface area contributed by atoms with Crippen molar-refractivity contribution in [3.63, 3.8) is 0 Å². The van der Waals surface area contributed by atoms with E-state index in [4.69, 9.17) is 4.42 Å². The molecule has 0 unspecified atom stereocenters. The van der Waals surface area contributed by atoms with Gasteiger partial charge >= 0.3 is 0 Å². The fourth-order valence-electron chi connectivity index (χ4n) is 3.38. The quantitative estimate of drug-likeness (QED) is 0.715. The largest absolute Gasteiger partial charge is 0.467 e. The number of tetrazole rings is 1. The van der Waals surface area contributed by atoms with Crippen molar-refractivity contribution in [1.82, 2.24) is 25.1 Å². The predicted molar refractivity (Wildman–Crippen MR) is 90.0 cm³/mol. The molecule has 4 rings (SSSR count). The SMILES string of the molecule is O=C(c1cccc(-n2cnnn2)c1)N(Cc1ccco1)C1CCCC1. The first-order valence-electron chi connectivity index (χ1n) is 8.48. The number of furan rings is 1. The van der Waals surface area contributed by atoms with E-state index in [-0.39, 0.29) is 11.9 Å². The molecule has 1 saturated carbocycles.